The third-order valence-electron chi connectivity index (χ3n) is 5.08. The predicted molar refractivity (Wildman–Crippen MR) is 125 cm³/mol. The smallest absolute Gasteiger partial charge is 0.284 e. The van der Waals surface area contributed by atoms with Gasteiger partial charge < -0.3 is 0 Å². The van der Waals surface area contributed by atoms with Crippen LogP contribution in [0.3, 0.4) is 0 Å². The van der Waals surface area contributed by atoms with Crippen LogP contribution in [0.4, 0.5) is 0 Å². The number of rotatable bonds is 5. The van der Waals surface area contributed by atoms with E-state index in [1.54, 1.807) is 0 Å². The molecule has 1 amide bonds. The summed E-state index contributed by atoms with van der Waals surface area (Å²) >= 11 is 14.1. The van der Waals surface area contributed by atoms with Gasteiger partial charge in [-0.15, -0.1) is 11.3 Å². The molecule has 4 rings (SSSR count). The molecule has 0 saturated carbocycles. The van der Waals surface area contributed by atoms with Crippen LogP contribution < -0.4 is 16.1 Å². The minimum absolute atomic E-state index is 0.0578. The summed E-state index contributed by atoms with van der Waals surface area (Å²) in [6.07, 6.45) is 0.671. The molecule has 13 heteroatoms. The van der Waals surface area contributed by atoms with Crippen LogP contribution in [0.2, 0.25) is 9.49 Å². The molecule has 0 aliphatic carbocycles. The zero-order valence-electron chi connectivity index (χ0n) is 17.5. The number of hydroxylamine groups is 2. The Balaban J connectivity index is 2.03. The van der Waals surface area contributed by atoms with Gasteiger partial charge in [-0.1, -0.05) is 48.4 Å². The molecule has 0 spiro atoms. The summed E-state index contributed by atoms with van der Waals surface area (Å²) in [7, 11) is 1.39. The van der Waals surface area contributed by atoms with E-state index >= 15 is 0 Å². The van der Waals surface area contributed by atoms with Gasteiger partial charge in [0.25, 0.3) is 11.5 Å². The lowest BCUT2D eigenvalue weighted by Crippen LogP contribution is -2.39. The third kappa shape index (κ3) is 3.86. The highest BCUT2D eigenvalue weighted by Gasteiger charge is 2.31. The number of hydrogen-bond donors (Lipinski definition) is 0. The Morgan fingerprint density at radius 3 is 2.44 bits per heavy atom. The zero-order valence-corrected chi connectivity index (χ0v) is 20.7. The van der Waals surface area contributed by atoms with Gasteiger partial charge in [0.1, 0.15) is 14.3 Å². The second-order valence-corrected chi connectivity index (χ2v) is 10.8. The fraction of sp³-hybridized carbons (Fsp3) is 0.474. The number of hydrogen-bond acceptors (Lipinski definition) is 7. The lowest BCUT2D eigenvalue weighted by atomic mass is 10.1. The maximum absolute atomic E-state index is 13.4. The Kier molecular flexibility index (Phi) is 6.38. The number of amides is 1. The van der Waals surface area contributed by atoms with Gasteiger partial charge in [-0.3, -0.25) is 32.9 Å². The summed E-state index contributed by atoms with van der Waals surface area (Å²) in [5.41, 5.74) is -0.915. The molecular formula is C19H20Cl2N4O5S2. The van der Waals surface area contributed by atoms with Crippen LogP contribution in [0.25, 0.3) is 10.2 Å². The summed E-state index contributed by atoms with van der Waals surface area (Å²) in [5, 5.41) is 1.41. The first kappa shape index (κ1) is 23.2. The van der Waals surface area contributed by atoms with Crippen molar-refractivity contribution in [1.29, 1.82) is 0 Å². The van der Waals surface area contributed by atoms with Crippen molar-refractivity contribution in [3.63, 3.8) is 0 Å². The average molecular weight is 519 g/mol. The minimum Gasteiger partial charge on any atom is -0.284 e. The van der Waals surface area contributed by atoms with Gasteiger partial charge in [-0.2, -0.15) is 0 Å². The van der Waals surface area contributed by atoms with Gasteiger partial charge in [0.05, 0.1) is 30.6 Å². The largest absolute Gasteiger partial charge is 0.331 e. The molecule has 0 bridgehead atoms. The van der Waals surface area contributed by atoms with Crippen molar-refractivity contribution in [1.82, 2.24) is 18.8 Å². The topological polar surface area (TPSA) is 95.5 Å². The quantitative estimate of drug-likeness (QED) is 0.517. The van der Waals surface area contributed by atoms with E-state index in [0.29, 0.717) is 35.8 Å². The van der Waals surface area contributed by atoms with E-state index in [2.05, 4.69) is 0 Å². The number of halogens is 2. The van der Waals surface area contributed by atoms with Crippen molar-refractivity contribution in [3.05, 3.63) is 50.4 Å². The Morgan fingerprint density at radius 2 is 1.88 bits per heavy atom. The highest BCUT2D eigenvalue weighted by atomic mass is 35.5. The van der Waals surface area contributed by atoms with Crippen LogP contribution in [0, 0.1) is 5.92 Å². The van der Waals surface area contributed by atoms with Crippen LogP contribution in [0.5, 0.6) is 0 Å². The number of thiazole rings is 1. The maximum atomic E-state index is 13.4. The second kappa shape index (κ2) is 8.79. The van der Waals surface area contributed by atoms with E-state index < -0.39 is 17.2 Å². The first-order valence-corrected chi connectivity index (χ1v) is 12.2. The van der Waals surface area contributed by atoms with Gasteiger partial charge in [0.2, 0.25) is 0 Å². The number of carbonyl (C=O) groups is 1. The Bertz CT molecular complexity index is 1390. The number of carbonyl (C=O) groups excluding carboxylic acids is 1. The monoisotopic (exact) mass is 518 g/mol. The summed E-state index contributed by atoms with van der Waals surface area (Å²) in [6, 6.07) is 0. The van der Waals surface area contributed by atoms with E-state index in [0.717, 1.165) is 27.2 Å². The molecule has 1 aliphatic heterocycles. The molecule has 4 heterocycles. The molecule has 9 nitrogen and oxygen atoms in total. The molecule has 32 heavy (non-hydrogen) atoms. The molecular weight excluding hydrogens is 499 g/mol. The molecule has 1 saturated heterocycles. The third-order valence-corrected chi connectivity index (χ3v) is 8.06. The molecule has 172 valence electrons. The van der Waals surface area contributed by atoms with E-state index in [4.69, 9.17) is 28.0 Å². The lowest BCUT2D eigenvalue weighted by Gasteiger charge is -2.15. The molecule has 0 radical (unpaired) electrons. The normalized spacial score (nSPS) is 14.2. The predicted octanol–water partition coefficient (Wildman–Crippen LogP) is 2.77. The van der Waals surface area contributed by atoms with Crippen LogP contribution in [-0.4, -0.2) is 37.8 Å². The number of nitrogens with zero attached hydrogens (tertiary/aromatic N) is 4. The molecule has 0 aromatic carbocycles. The summed E-state index contributed by atoms with van der Waals surface area (Å²) in [4.78, 5) is 57.7. The Hall–Kier alpha value is -1.92. The molecule has 0 atom stereocenters. The highest BCUT2D eigenvalue weighted by molar-refractivity contribution is 7.19. The van der Waals surface area contributed by atoms with E-state index in [9.17, 15) is 19.2 Å². The van der Waals surface area contributed by atoms with Crippen LogP contribution in [-0.2, 0) is 25.0 Å². The second-order valence-electron chi connectivity index (χ2n) is 7.84. The van der Waals surface area contributed by atoms with Crippen molar-refractivity contribution >= 4 is 62.0 Å². The standard InChI is InChI=1S/C19H20Cl2N4O5S2/c1-9(2)7-24-17-12(15(26)22(3)18(24)28)11(16(27)25-5-4-6-30-25)10(31-17)8-23-13(20)14(21)32-19(23)29/h9H,4-8H2,1-3H3. The van der Waals surface area contributed by atoms with Crippen molar-refractivity contribution in [2.24, 2.45) is 13.0 Å². The molecule has 1 aliphatic rings. The first-order chi connectivity index (χ1) is 15.1. The molecule has 0 unspecified atom stereocenters. The van der Waals surface area contributed by atoms with Crippen molar-refractivity contribution in [2.45, 2.75) is 33.4 Å². The lowest BCUT2D eigenvalue weighted by molar-refractivity contribution is -0.0767. The SMILES string of the molecule is CC(C)Cn1c(=O)n(C)c(=O)c2c(C(=O)N3CCCO3)c(Cn3c(Cl)c(Cl)sc3=O)sc21. The molecule has 3 aromatic rings. The zero-order chi connectivity index (χ0) is 23.3. The Labute approximate surface area is 199 Å². The molecule has 0 N–H and O–H groups in total. The highest BCUT2D eigenvalue weighted by Crippen LogP contribution is 2.33. The van der Waals surface area contributed by atoms with Gasteiger partial charge >= 0.3 is 10.6 Å². The number of fused-ring (bicyclic) bond motifs is 1. The first-order valence-electron chi connectivity index (χ1n) is 9.86. The number of aromatic nitrogens is 3. The van der Waals surface area contributed by atoms with Gasteiger partial charge in [0.15, 0.2) is 0 Å². The number of thiophene rings is 1. The average Bonchev–Trinajstić information content (AvgIpc) is 3.45. The van der Waals surface area contributed by atoms with E-state index in [1.807, 2.05) is 13.8 Å². The van der Waals surface area contributed by atoms with Crippen molar-refractivity contribution in [3.8, 4) is 0 Å². The van der Waals surface area contributed by atoms with Crippen LogP contribution in [0.15, 0.2) is 14.4 Å². The summed E-state index contributed by atoms with van der Waals surface area (Å²) < 4.78 is 3.89. The fourth-order valence-electron chi connectivity index (χ4n) is 3.61. The minimum atomic E-state index is -0.572. The molecule has 3 aromatic heterocycles. The van der Waals surface area contributed by atoms with Crippen LogP contribution >= 0.6 is 45.9 Å². The van der Waals surface area contributed by atoms with Gasteiger partial charge in [-0.25, -0.2) is 9.86 Å². The van der Waals surface area contributed by atoms with E-state index in [1.165, 1.54) is 21.2 Å². The van der Waals surface area contributed by atoms with E-state index in [-0.39, 0.29) is 37.8 Å². The van der Waals surface area contributed by atoms with Crippen molar-refractivity contribution < 1.29 is 9.63 Å². The summed E-state index contributed by atoms with van der Waals surface area (Å²) in [5.74, 6) is -0.367. The van der Waals surface area contributed by atoms with Gasteiger partial charge in [-0.05, 0) is 12.3 Å². The fourth-order valence-corrected chi connectivity index (χ4v) is 6.10. The van der Waals surface area contributed by atoms with Gasteiger partial charge in [0, 0.05) is 18.5 Å². The van der Waals surface area contributed by atoms with Crippen LogP contribution in [0.1, 0.15) is 35.5 Å². The van der Waals surface area contributed by atoms with Crippen molar-refractivity contribution in [2.75, 3.05) is 13.2 Å². The maximum Gasteiger partial charge on any atom is 0.331 e. The summed E-state index contributed by atoms with van der Waals surface area (Å²) in [6.45, 7) is 4.98. The Morgan fingerprint density at radius 1 is 1.16 bits per heavy atom. The molecule has 1 fully saturated rings.